The predicted octanol–water partition coefficient (Wildman–Crippen LogP) is 5.52. The highest BCUT2D eigenvalue weighted by Gasteiger charge is 2.13. The summed E-state index contributed by atoms with van der Waals surface area (Å²) in [6, 6.07) is 16.6. The quantitative estimate of drug-likeness (QED) is 0.523. The molecule has 1 heterocycles. The van der Waals surface area contributed by atoms with Gasteiger partial charge in [0.05, 0.1) is 19.1 Å². The molecular weight excluding hydrogens is 376 g/mol. The molecule has 0 aliphatic heterocycles. The summed E-state index contributed by atoms with van der Waals surface area (Å²) in [4.78, 5) is 4.71. The minimum Gasteiger partial charge on any atom is -0.496 e. The summed E-state index contributed by atoms with van der Waals surface area (Å²) in [5.41, 5.74) is 4.78. The third-order valence-electron chi connectivity index (χ3n) is 4.35. The van der Waals surface area contributed by atoms with Crippen molar-refractivity contribution < 1.29 is 4.74 Å². The maximum atomic E-state index is 5.47. The number of halogens is 1. The van der Waals surface area contributed by atoms with Crippen molar-refractivity contribution in [1.29, 1.82) is 0 Å². The first-order valence-electron chi connectivity index (χ1n) is 8.64. The van der Waals surface area contributed by atoms with Crippen LogP contribution < -0.4 is 4.74 Å². The van der Waals surface area contributed by atoms with Crippen molar-refractivity contribution in [1.82, 2.24) is 9.55 Å². The van der Waals surface area contributed by atoms with Crippen molar-refractivity contribution in [3.05, 3.63) is 70.6 Å². The van der Waals surface area contributed by atoms with E-state index in [0.29, 0.717) is 0 Å². The van der Waals surface area contributed by atoms with E-state index in [1.807, 2.05) is 24.5 Å². The second-order valence-electron chi connectivity index (χ2n) is 6.06. The fourth-order valence-corrected chi connectivity index (χ4v) is 3.53. The maximum absolute atomic E-state index is 5.47. The lowest BCUT2D eigenvalue weighted by atomic mass is 10.1. The molecule has 0 saturated carbocycles. The van der Waals surface area contributed by atoms with Gasteiger partial charge < -0.3 is 9.30 Å². The highest BCUT2D eigenvalue weighted by atomic mass is 79.9. The molecule has 0 fully saturated rings. The van der Waals surface area contributed by atoms with E-state index in [-0.39, 0.29) is 0 Å². The monoisotopic (exact) mass is 398 g/mol. The molecule has 0 aliphatic carbocycles. The number of imidazole rings is 1. The van der Waals surface area contributed by atoms with Crippen LogP contribution in [0.2, 0.25) is 0 Å². The number of benzene rings is 2. The number of rotatable bonds is 7. The first-order valence-corrected chi connectivity index (χ1v) is 9.44. The zero-order valence-electron chi connectivity index (χ0n) is 14.7. The zero-order chi connectivity index (χ0) is 17.6. The first kappa shape index (κ1) is 17.7. The lowest BCUT2D eigenvalue weighted by Crippen LogP contribution is -2.06. The number of nitrogens with zero attached hydrogens (tertiary/aromatic N) is 2. The lowest BCUT2D eigenvalue weighted by Gasteiger charge is -2.12. The Kier molecular flexibility index (Phi) is 5.92. The van der Waals surface area contributed by atoms with Gasteiger partial charge in [0.2, 0.25) is 0 Å². The largest absolute Gasteiger partial charge is 0.496 e. The summed E-state index contributed by atoms with van der Waals surface area (Å²) in [7, 11) is 1.73. The average Bonchev–Trinajstić information content (AvgIpc) is 3.03. The molecule has 2 aromatic carbocycles. The molecule has 3 aromatic rings. The van der Waals surface area contributed by atoms with Crippen molar-refractivity contribution in [2.75, 3.05) is 7.11 Å². The number of hydrogen-bond acceptors (Lipinski definition) is 2. The van der Waals surface area contributed by atoms with Crippen LogP contribution in [0, 0.1) is 0 Å². The Morgan fingerprint density at radius 2 is 1.92 bits per heavy atom. The molecule has 130 valence electrons. The Morgan fingerprint density at radius 3 is 2.68 bits per heavy atom. The molecule has 0 saturated heterocycles. The molecule has 25 heavy (non-hydrogen) atoms. The fraction of sp³-hybridized carbons (Fsp3) is 0.286. The van der Waals surface area contributed by atoms with Crippen LogP contribution in [0.4, 0.5) is 0 Å². The topological polar surface area (TPSA) is 27.1 Å². The summed E-state index contributed by atoms with van der Waals surface area (Å²) in [5, 5.41) is 0. The molecule has 4 heteroatoms. The third-order valence-corrected chi connectivity index (χ3v) is 4.84. The van der Waals surface area contributed by atoms with Crippen LogP contribution >= 0.6 is 15.9 Å². The fourth-order valence-electron chi connectivity index (χ4n) is 3.13. The average molecular weight is 399 g/mol. The minimum atomic E-state index is 0.900. The molecule has 0 atom stereocenters. The number of methoxy groups -OCH3 is 1. The third kappa shape index (κ3) is 4.13. The summed E-state index contributed by atoms with van der Waals surface area (Å²) < 4.78 is 8.83. The Hall–Kier alpha value is -2.07. The predicted molar refractivity (Wildman–Crippen MR) is 106 cm³/mol. The molecule has 0 N–H and O–H groups in total. The molecule has 0 amide bonds. The molecular formula is C21H23BrN2O. The first-order chi connectivity index (χ1) is 12.2. The van der Waals surface area contributed by atoms with Gasteiger partial charge in [0.25, 0.3) is 0 Å². The molecule has 0 radical (unpaired) electrons. The second-order valence-corrected chi connectivity index (χ2v) is 6.97. The van der Waals surface area contributed by atoms with Gasteiger partial charge in [0.15, 0.2) is 0 Å². The lowest BCUT2D eigenvalue weighted by molar-refractivity contribution is 0.408. The van der Waals surface area contributed by atoms with Crippen LogP contribution in [0.3, 0.4) is 0 Å². The van der Waals surface area contributed by atoms with Crippen LogP contribution in [0.15, 0.2) is 59.3 Å². The number of aromatic nitrogens is 2. The Labute approximate surface area is 157 Å². The van der Waals surface area contributed by atoms with Crippen molar-refractivity contribution >= 4 is 15.9 Å². The minimum absolute atomic E-state index is 0.900. The molecule has 3 rings (SSSR count). The Bertz CT molecular complexity index is 841. The van der Waals surface area contributed by atoms with Crippen molar-refractivity contribution in [2.45, 2.75) is 32.7 Å². The van der Waals surface area contributed by atoms with Gasteiger partial charge in [-0.2, -0.15) is 0 Å². The van der Waals surface area contributed by atoms with Gasteiger partial charge in [0, 0.05) is 22.3 Å². The molecule has 1 aromatic heterocycles. The van der Waals surface area contributed by atoms with E-state index >= 15 is 0 Å². The molecule has 0 aliphatic rings. The van der Waals surface area contributed by atoms with Gasteiger partial charge in [-0.05, 0) is 36.6 Å². The van der Waals surface area contributed by atoms with Crippen molar-refractivity contribution in [3.63, 3.8) is 0 Å². The summed E-state index contributed by atoms with van der Waals surface area (Å²) in [6.07, 6.45) is 5.01. The zero-order valence-corrected chi connectivity index (χ0v) is 16.3. The number of ether oxygens (including phenoxy) is 1. The van der Waals surface area contributed by atoms with Crippen LogP contribution in [-0.2, 0) is 19.4 Å². The van der Waals surface area contributed by atoms with Gasteiger partial charge in [-0.25, -0.2) is 4.98 Å². The number of aryl methyl sites for hydroxylation is 2. The van der Waals surface area contributed by atoms with Gasteiger partial charge in [0.1, 0.15) is 5.75 Å². The van der Waals surface area contributed by atoms with Crippen LogP contribution in [0.25, 0.3) is 11.3 Å². The van der Waals surface area contributed by atoms with E-state index in [2.05, 4.69) is 57.8 Å². The van der Waals surface area contributed by atoms with Crippen molar-refractivity contribution in [2.24, 2.45) is 0 Å². The van der Waals surface area contributed by atoms with Crippen LogP contribution in [-0.4, -0.2) is 16.7 Å². The summed E-state index contributed by atoms with van der Waals surface area (Å²) in [6.45, 7) is 3.11. The molecule has 0 spiro atoms. The van der Waals surface area contributed by atoms with E-state index in [1.54, 1.807) is 7.11 Å². The number of para-hydroxylation sites is 1. The van der Waals surface area contributed by atoms with Crippen LogP contribution in [0.1, 0.15) is 24.6 Å². The maximum Gasteiger partial charge on any atom is 0.122 e. The molecule has 0 bridgehead atoms. The van der Waals surface area contributed by atoms with E-state index in [4.69, 9.17) is 9.72 Å². The van der Waals surface area contributed by atoms with Gasteiger partial charge in [-0.15, -0.1) is 0 Å². The highest BCUT2D eigenvalue weighted by Crippen LogP contribution is 2.27. The van der Waals surface area contributed by atoms with Crippen molar-refractivity contribution in [3.8, 4) is 17.0 Å². The standard InChI is InChI=1S/C21H23BrN2O/c1-3-7-19-21(17-9-6-10-18(22)14-17)23-15-24(19)13-12-16-8-4-5-11-20(16)25-2/h4-6,8-11,14-15H,3,7,12-13H2,1-2H3. The normalized spacial score (nSPS) is 10.8. The highest BCUT2D eigenvalue weighted by molar-refractivity contribution is 9.10. The van der Waals surface area contributed by atoms with Crippen LogP contribution in [0.5, 0.6) is 5.75 Å². The molecule has 3 nitrogen and oxygen atoms in total. The smallest absolute Gasteiger partial charge is 0.122 e. The van der Waals surface area contributed by atoms with Gasteiger partial charge in [-0.1, -0.05) is 59.6 Å². The second kappa shape index (κ2) is 8.34. The Balaban J connectivity index is 1.87. The summed E-state index contributed by atoms with van der Waals surface area (Å²) in [5.74, 6) is 0.951. The van der Waals surface area contributed by atoms with Gasteiger partial charge in [-0.3, -0.25) is 0 Å². The van der Waals surface area contributed by atoms with E-state index in [9.17, 15) is 0 Å². The van der Waals surface area contributed by atoms with E-state index in [1.165, 1.54) is 11.3 Å². The van der Waals surface area contributed by atoms with E-state index in [0.717, 1.165) is 47.3 Å². The Morgan fingerprint density at radius 1 is 1.08 bits per heavy atom. The van der Waals surface area contributed by atoms with E-state index < -0.39 is 0 Å². The SMILES string of the molecule is CCCc1c(-c2cccc(Br)c2)ncn1CCc1ccccc1OC. The number of hydrogen-bond donors (Lipinski definition) is 0. The van der Waals surface area contributed by atoms with Gasteiger partial charge >= 0.3 is 0 Å². The molecule has 0 unspecified atom stereocenters. The summed E-state index contributed by atoms with van der Waals surface area (Å²) >= 11 is 3.56.